The summed E-state index contributed by atoms with van der Waals surface area (Å²) >= 11 is 0. The Morgan fingerprint density at radius 3 is 2.68 bits per heavy atom. The smallest absolute Gasteiger partial charge is 0.290 e. The maximum atomic E-state index is 12.3. The standard InChI is InChI=1S/C17H20N2O3/c1-11-3-5-12(6-4-11)14-9-15(22-19-14)16(21)18-17(2,10-20)13-7-8-13/h3-6,9,13,20H,7-8,10H2,1-2H3,(H,18,21). The van der Waals surface area contributed by atoms with Crippen LogP contribution in [0.1, 0.15) is 35.9 Å². The SMILES string of the molecule is Cc1ccc(-c2cc(C(=O)NC(C)(CO)C3CC3)on2)cc1. The predicted molar refractivity (Wildman–Crippen MR) is 82.4 cm³/mol. The summed E-state index contributed by atoms with van der Waals surface area (Å²) in [6.07, 6.45) is 2.06. The lowest BCUT2D eigenvalue weighted by atomic mass is 9.97. The van der Waals surface area contributed by atoms with Crippen LogP contribution in [0.3, 0.4) is 0 Å². The second kappa shape index (κ2) is 5.57. The molecule has 0 aliphatic heterocycles. The van der Waals surface area contributed by atoms with Gasteiger partial charge in [-0.1, -0.05) is 35.0 Å². The molecule has 0 bridgehead atoms. The molecule has 0 spiro atoms. The van der Waals surface area contributed by atoms with Gasteiger partial charge < -0.3 is 14.9 Å². The molecule has 1 aliphatic rings. The molecule has 0 radical (unpaired) electrons. The number of benzene rings is 1. The first kappa shape index (κ1) is 14.8. The van der Waals surface area contributed by atoms with Crippen molar-refractivity contribution >= 4 is 5.91 Å². The topological polar surface area (TPSA) is 75.4 Å². The van der Waals surface area contributed by atoms with Crippen LogP contribution in [0.5, 0.6) is 0 Å². The average Bonchev–Trinajstić information content (AvgIpc) is 3.26. The van der Waals surface area contributed by atoms with Crippen molar-refractivity contribution < 1.29 is 14.4 Å². The molecule has 2 aromatic rings. The highest BCUT2D eigenvalue weighted by molar-refractivity contribution is 5.93. The van der Waals surface area contributed by atoms with Crippen LogP contribution in [-0.4, -0.2) is 28.3 Å². The van der Waals surface area contributed by atoms with E-state index in [1.165, 1.54) is 0 Å². The van der Waals surface area contributed by atoms with Crippen molar-refractivity contribution in [1.29, 1.82) is 0 Å². The van der Waals surface area contributed by atoms with Gasteiger partial charge >= 0.3 is 0 Å². The van der Waals surface area contributed by atoms with Gasteiger partial charge in [-0.15, -0.1) is 0 Å². The molecule has 5 nitrogen and oxygen atoms in total. The van der Waals surface area contributed by atoms with Crippen molar-refractivity contribution in [2.75, 3.05) is 6.61 Å². The molecule has 1 saturated carbocycles. The predicted octanol–water partition coefficient (Wildman–Crippen LogP) is 2.54. The summed E-state index contributed by atoms with van der Waals surface area (Å²) in [5, 5.41) is 16.4. The molecule has 5 heteroatoms. The zero-order chi connectivity index (χ0) is 15.7. The highest BCUT2D eigenvalue weighted by Gasteiger charge is 2.42. The second-order valence-corrected chi connectivity index (χ2v) is 6.25. The van der Waals surface area contributed by atoms with Gasteiger partial charge in [0.25, 0.3) is 5.91 Å². The van der Waals surface area contributed by atoms with Crippen LogP contribution in [-0.2, 0) is 0 Å². The Labute approximate surface area is 129 Å². The molecule has 0 saturated heterocycles. The van der Waals surface area contributed by atoms with Gasteiger partial charge in [0, 0.05) is 11.6 Å². The van der Waals surface area contributed by atoms with Crippen molar-refractivity contribution in [2.24, 2.45) is 5.92 Å². The van der Waals surface area contributed by atoms with Gasteiger partial charge in [0.1, 0.15) is 5.69 Å². The normalized spacial score (nSPS) is 17.0. The molecular weight excluding hydrogens is 280 g/mol. The van der Waals surface area contributed by atoms with Crippen LogP contribution in [0, 0.1) is 12.8 Å². The van der Waals surface area contributed by atoms with E-state index in [9.17, 15) is 9.90 Å². The van der Waals surface area contributed by atoms with E-state index in [0.717, 1.165) is 24.0 Å². The number of nitrogens with one attached hydrogen (secondary N) is 1. The van der Waals surface area contributed by atoms with Crippen LogP contribution in [0.2, 0.25) is 0 Å². The van der Waals surface area contributed by atoms with E-state index < -0.39 is 5.54 Å². The first-order valence-electron chi connectivity index (χ1n) is 7.49. The molecule has 1 fully saturated rings. The third-order valence-electron chi connectivity index (χ3n) is 4.29. The average molecular weight is 300 g/mol. The first-order valence-corrected chi connectivity index (χ1v) is 7.49. The number of hydrogen-bond acceptors (Lipinski definition) is 4. The molecule has 1 heterocycles. The summed E-state index contributed by atoms with van der Waals surface area (Å²) in [7, 11) is 0. The van der Waals surface area contributed by atoms with Crippen molar-refractivity contribution in [2.45, 2.75) is 32.2 Å². The number of aliphatic hydroxyl groups is 1. The molecule has 116 valence electrons. The van der Waals surface area contributed by atoms with Gasteiger partial charge in [0.15, 0.2) is 0 Å². The molecule has 1 aromatic carbocycles. The van der Waals surface area contributed by atoms with E-state index in [0.29, 0.717) is 11.6 Å². The van der Waals surface area contributed by atoms with Gasteiger partial charge in [0.05, 0.1) is 12.1 Å². The molecular formula is C17H20N2O3. The van der Waals surface area contributed by atoms with E-state index in [-0.39, 0.29) is 18.3 Å². The Kier molecular flexibility index (Phi) is 3.74. The van der Waals surface area contributed by atoms with Gasteiger partial charge in [-0.2, -0.15) is 0 Å². The molecule has 3 rings (SSSR count). The first-order chi connectivity index (χ1) is 10.5. The third-order valence-corrected chi connectivity index (χ3v) is 4.29. The molecule has 2 N–H and O–H groups in total. The number of amides is 1. The molecule has 1 atom stereocenters. The van der Waals surface area contributed by atoms with Crippen molar-refractivity contribution in [3.63, 3.8) is 0 Å². The number of nitrogens with zero attached hydrogens (tertiary/aromatic N) is 1. The minimum atomic E-state index is -0.589. The molecule has 1 amide bonds. The van der Waals surface area contributed by atoms with Crippen LogP contribution in [0.15, 0.2) is 34.9 Å². The molecule has 1 aliphatic carbocycles. The van der Waals surface area contributed by atoms with Crippen LogP contribution < -0.4 is 5.32 Å². The number of aryl methyl sites for hydroxylation is 1. The van der Waals surface area contributed by atoms with Crippen molar-refractivity contribution in [3.05, 3.63) is 41.7 Å². The fourth-order valence-electron chi connectivity index (χ4n) is 2.55. The minimum absolute atomic E-state index is 0.0810. The van der Waals surface area contributed by atoms with Gasteiger partial charge in [0.2, 0.25) is 5.76 Å². The molecule has 22 heavy (non-hydrogen) atoms. The van der Waals surface area contributed by atoms with Gasteiger partial charge in [-0.25, -0.2) is 0 Å². The van der Waals surface area contributed by atoms with Crippen molar-refractivity contribution in [3.8, 4) is 11.3 Å². The minimum Gasteiger partial charge on any atom is -0.394 e. The Hall–Kier alpha value is -2.14. The van der Waals surface area contributed by atoms with Crippen molar-refractivity contribution in [1.82, 2.24) is 10.5 Å². The Morgan fingerprint density at radius 1 is 1.41 bits per heavy atom. The maximum absolute atomic E-state index is 12.3. The summed E-state index contributed by atoms with van der Waals surface area (Å²) in [5.41, 5.74) is 2.10. The fourth-order valence-corrected chi connectivity index (χ4v) is 2.55. The Morgan fingerprint density at radius 2 is 2.09 bits per heavy atom. The van der Waals surface area contributed by atoms with E-state index in [4.69, 9.17) is 4.52 Å². The van der Waals surface area contributed by atoms with E-state index in [1.54, 1.807) is 6.07 Å². The molecule has 1 unspecified atom stereocenters. The number of rotatable bonds is 5. The summed E-state index contributed by atoms with van der Waals surface area (Å²) in [5.74, 6) is 0.158. The third kappa shape index (κ3) is 2.90. The quantitative estimate of drug-likeness (QED) is 0.889. The number of carbonyl (C=O) groups is 1. The number of carbonyl (C=O) groups excluding carboxylic acids is 1. The molecule has 1 aromatic heterocycles. The van der Waals surface area contributed by atoms with Crippen LogP contribution >= 0.6 is 0 Å². The zero-order valence-electron chi connectivity index (χ0n) is 12.8. The number of aromatic nitrogens is 1. The Bertz CT molecular complexity index is 673. The second-order valence-electron chi connectivity index (χ2n) is 6.25. The summed E-state index contributed by atoms with van der Waals surface area (Å²) in [6, 6.07) is 9.48. The lowest BCUT2D eigenvalue weighted by Crippen LogP contribution is -2.50. The van der Waals surface area contributed by atoms with Crippen LogP contribution in [0.25, 0.3) is 11.3 Å². The maximum Gasteiger partial charge on any atom is 0.290 e. The summed E-state index contributed by atoms with van der Waals surface area (Å²) < 4.78 is 5.16. The lowest BCUT2D eigenvalue weighted by molar-refractivity contribution is 0.0788. The van der Waals surface area contributed by atoms with Gasteiger partial charge in [-0.3, -0.25) is 4.79 Å². The fraction of sp³-hybridized carbons (Fsp3) is 0.412. The number of aliphatic hydroxyl groups excluding tert-OH is 1. The summed E-state index contributed by atoms with van der Waals surface area (Å²) in [4.78, 5) is 12.3. The number of hydrogen-bond donors (Lipinski definition) is 2. The van der Waals surface area contributed by atoms with E-state index >= 15 is 0 Å². The van der Waals surface area contributed by atoms with Crippen LogP contribution in [0.4, 0.5) is 0 Å². The highest BCUT2D eigenvalue weighted by Crippen LogP contribution is 2.39. The van der Waals surface area contributed by atoms with Gasteiger partial charge in [-0.05, 0) is 32.6 Å². The monoisotopic (exact) mass is 300 g/mol. The lowest BCUT2D eigenvalue weighted by Gasteiger charge is -2.28. The highest BCUT2D eigenvalue weighted by atomic mass is 16.5. The zero-order valence-corrected chi connectivity index (χ0v) is 12.8. The van der Waals surface area contributed by atoms with E-state index in [1.807, 2.05) is 38.1 Å². The largest absolute Gasteiger partial charge is 0.394 e. The Balaban J connectivity index is 1.75. The van der Waals surface area contributed by atoms with E-state index in [2.05, 4.69) is 10.5 Å². The summed E-state index contributed by atoms with van der Waals surface area (Å²) in [6.45, 7) is 3.79.